The van der Waals surface area contributed by atoms with E-state index in [4.69, 9.17) is 0 Å². The average Bonchev–Trinajstić information content (AvgIpc) is 2.76. The van der Waals surface area contributed by atoms with Crippen molar-refractivity contribution in [2.75, 3.05) is 0 Å². The summed E-state index contributed by atoms with van der Waals surface area (Å²) in [6.07, 6.45) is 8.82. The van der Waals surface area contributed by atoms with E-state index < -0.39 is 0 Å². The van der Waals surface area contributed by atoms with Gasteiger partial charge < -0.3 is 4.98 Å². The van der Waals surface area contributed by atoms with Gasteiger partial charge in [0.1, 0.15) is 16.5 Å². The van der Waals surface area contributed by atoms with Gasteiger partial charge in [0.2, 0.25) is 0 Å². The van der Waals surface area contributed by atoms with E-state index in [1.807, 2.05) is 0 Å². The quantitative estimate of drug-likeness (QED) is 0.695. The predicted octanol–water partition coefficient (Wildman–Crippen LogP) is 4.56. The van der Waals surface area contributed by atoms with E-state index in [2.05, 4.69) is 9.97 Å². The summed E-state index contributed by atoms with van der Waals surface area (Å²) in [5.41, 5.74) is 1.57. The van der Waals surface area contributed by atoms with Crippen molar-refractivity contribution in [3.05, 3.63) is 62.3 Å². The van der Waals surface area contributed by atoms with E-state index in [9.17, 15) is 9.18 Å². The van der Waals surface area contributed by atoms with Gasteiger partial charge in [0, 0.05) is 10.4 Å². The molecule has 0 unspecified atom stereocenters. The molecule has 4 rings (SSSR count). The summed E-state index contributed by atoms with van der Waals surface area (Å²) < 4.78 is 13.7. The first-order valence-electron chi connectivity index (χ1n) is 8.19. The van der Waals surface area contributed by atoms with Crippen molar-refractivity contribution in [1.82, 2.24) is 9.97 Å². The van der Waals surface area contributed by atoms with E-state index in [1.54, 1.807) is 41.7 Å². The molecule has 2 aromatic heterocycles. The van der Waals surface area contributed by atoms with Crippen LogP contribution in [0.2, 0.25) is 0 Å². The molecule has 1 N–H and O–H groups in total. The fourth-order valence-electron chi connectivity index (χ4n) is 3.22. The lowest BCUT2D eigenvalue weighted by Crippen LogP contribution is -2.10. The SMILES string of the molecule is O=c1[nH]c(/C=C/c2ccccc2F)nc2sc3c(c12)CCCCC3. The van der Waals surface area contributed by atoms with Gasteiger partial charge in [-0.25, -0.2) is 9.37 Å². The standard InChI is InChI=1S/C19H17FN2OS/c20-14-8-5-4-6-12(14)10-11-16-21-18(23)17-13-7-2-1-3-9-15(13)24-19(17)22-16/h4-6,8,10-11H,1-3,7,9H2,(H,21,22,23)/b11-10+. The predicted molar refractivity (Wildman–Crippen MR) is 96.8 cm³/mol. The smallest absolute Gasteiger partial charge is 0.260 e. The first kappa shape index (κ1) is 15.3. The van der Waals surface area contributed by atoms with E-state index in [-0.39, 0.29) is 11.4 Å². The van der Waals surface area contributed by atoms with E-state index in [0.717, 1.165) is 29.5 Å². The van der Waals surface area contributed by atoms with E-state index in [1.165, 1.54) is 29.3 Å². The molecular weight excluding hydrogens is 323 g/mol. The Morgan fingerprint density at radius 1 is 1.12 bits per heavy atom. The van der Waals surface area contributed by atoms with Crippen LogP contribution in [-0.2, 0) is 12.8 Å². The van der Waals surface area contributed by atoms with Crippen molar-refractivity contribution in [3.63, 3.8) is 0 Å². The first-order chi connectivity index (χ1) is 11.7. The van der Waals surface area contributed by atoms with Crippen LogP contribution in [0.1, 0.15) is 41.1 Å². The Bertz CT molecular complexity index is 987. The molecule has 0 radical (unpaired) electrons. The molecule has 1 aliphatic rings. The number of rotatable bonds is 2. The zero-order chi connectivity index (χ0) is 16.5. The molecule has 122 valence electrons. The second-order valence-corrected chi connectivity index (χ2v) is 7.13. The molecule has 3 aromatic rings. The van der Waals surface area contributed by atoms with Crippen molar-refractivity contribution >= 4 is 33.7 Å². The van der Waals surface area contributed by atoms with Crippen molar-refractivity contribution in [2.45, 2.75) is 32.1 Å². The van der Waals surface area contributed by atoms with Gasteiger partial charge in [0.15, 0.2) is 0 Å². The maximum absolute atomic E-state index is 13.7. The van der Waals surface area contributed by atoms with Gasteiger partial charge in [0.25, 0.3) is 5.56 Å². The molecule has 2 heterocycles. The average molecular weight is 340 g/mol. The third-order valence-electron chi connectivity index (χ3n) is 4.42. The summed E-state index contributed by atoms with van der Waals surface area (Å²) in [6.45, 7) is 0. The van der Waals surface area contributed by atoms with E-state index >= 15 is 0 Å². The van der Waals surface area contributed by atoms with Gasteiger partial charge in [-0.05, 0) is 49.5 Å². The fraction of sp³-hybridized carbons (Fsp3) is 0.263. The van der Waals surface area contributed by atoms with Crippen LogP contribution >= 0.6 is 11.3 Å². The number of nitrogens with one attached hydrogen (secondary N) is 1. The molecule has 0 atom stereocenters. The molecule has 0 fully saturated rings. The highest BCUT2D eigenvalue weighted by Crippen LogP contribution is 2.32. The Hall–Kier alpha value is -2.27. The normalized spacial score (nSPS) is 14.9. The number of H-pyrrole nitrogens is 1. The summed E-state index contributed by atoms with van der Waals surface area (Å²) in [5, 5.41) is 0.750. The highest BCUT2D eigenvalue weighted by Gasteiger charge is 2.18. The molecule has 0 aliphatic heterocycles. The van der Waals surface area contributed by atoms with Crippen LogP contribution in [0, 0.1) is 5.82 Å². The third kappa shape index (κ3) is 2.80. The van der Waals surface area contributed by atoms with Crippen LogP contribution in [0.25, 0.3) is 22.4 Å². The molecule has 5 heteroatoms. The number of hydrogen-bond acceptors (Lipinski definition) is 3. The molecular formula is C19H17FN2OS. The maximum Gasteiger partial charge on any atom is 0.260 e. The molecule has 0 saturated heterocycles. The lowest BCUT2D eigenvalue weighted by atomic mass is 10.1. The van der Waals surface area contributed by atoms with Crippen molar-refractivity contribution in [3.8, 4) is 0 Å². The minimum absolute atomic E-state index is 0.0902. The summed E-state index contributed by atoms with van der Waals surface area (Å²) in [7, 11) is 0. The number of halogens is 1. The molecule has 24 heavy (non-hydrogen) atoms. The highest BCUT2D eigenvalue weighted by atomic mass is 32.1. The van der Waals surface area contributed by atoms with Crippen LogP contribution in [0.4, 0.5) is 4.39 Å². The minimum atomic E-state index is -0.292. The number of aromatic amines is 1. The molecule has 0 spiro atoms. The zero-order valence-electron chi connectivity index (χ0n) is 13.1. The van der Waals surface area contributed by atoms with Gasteiger partial charge in [0.05, 0.1) is 5.39 Å². The van der Waals surface area contributed by atoms with Gasteiger partial charge in [-0.3, -0.25) is 4.79 Å². The van der Waals surface area contributed by atoms with Gasteiger partial charge in [-0.2, -0.15) is 0 Å². The van der Waals surface area contributed by atoms with Gasteiger partial charge >= 0.3 is 0 Å². The lowest BCUT2D eigenvalue weighted by Gasteiger charge is -1.99. The molecule has 0 bridgehead atoms. The second kappa shape index (κ2) is 6.32. The molecule has 0 saturated carbocycles. The number of aromatic nitrogens is 2. The highest BCUT2D eigenvalue weighted by molar-refractivity contribution is 7.18. The number of hydrogen-bond donors (Lipinski definition) is 1. The molecule has 1 aromatic carbocycles. The van der Waals surface area contributed by atoms with Crippen molar-refractivity contribution in [1.29, 1.82) is 0 Å². The van der Waals surface area contributed by atoms with Crippen LogP contribution in [0.3, 0.4) is 0 Å². The maximum atomic E-state index is 13.7. The number of aryl methyl sites for hydroxylation is 2. The van der Waals surface area contributed by atoms with Crippen molar-refractivity contribution < 1.29 is 4.39 Å². The number of thiophene rings is 1. The van der Waals surface area contributed by atoms with Crippen LogP contribution in [-0.4, -0.2) is 9.97 Å². The van der Waals surface area contributed by atoms with Gasteiger partial charge in [-0.15, -0.1) is 11.3 Å². The third-order valence-corrected chi connectivity index (χ3v) is 5.61. The monoisotopic (exact) mass is 340 g/mol. The summed E-state index contributed by atoms with van der Waals surface area (Å²) in [6, 6.07) is 6.53. The Morgan fingerprint density at radius 2 is 1.96 bits per heavy atom. The Kier molecular flexibility index (Phi) is 4.02. The first-order valence-corrected chi connectivity index (χ1v) is 9.01. The fourth-order valence-corrected chi connectivity index (χ4v) is 4.48. The van der Waals surface area contributed by atoms with E-state index in [0.29, 0.717) is 11.4 Å². The van der Waals surface area contributed by atoms with Crippen LogP contribution < -0.4 is 5.56 Å². The van der Waals surface area contributed by atoms with Crippen molar-refractivity contribution in [2.24, 2.45) is 0 Å². The topological polar surface area (TPSA) is 45.8 Å². The Balaban J connectivity index is 1.76. The molecule has 0 amide bonds. The number of benzene rings is 1. The molecule has 1 aliphatic carbocycles. The zero-order valence-corrected chi connectivity index (χ0v) is 14.0. The minimum Gasteiger partial charge on any atom is -0.306 e. The Morgan fingerprint density at radius 3 is 2.83 bits per heavy atom. The largest absolute Gasteiger partial charge is 0.306 e. The lowest BCUT2D eigenvalue weighted by molar-refractivity contribution is 0.625. The van der Waals surface area contributed by atoms with Crippen LogP contribution in [0.5, 0.6) is 0 Å². The van der Waals surface area contributed by atoms with Crippen LogP contribution in [0.15, 0.2) is 29.1 Å². The van der Waals surface area contributed by atoms with Gasteiger partial charge in [-0.1, -0.05) is 24.6 Å². The number of nitrogens with zero attached hydrogens (tertiary/aromatic N) is 1. The summed E-state index contributed by atoms with van der Waals surface area (Å²) in [5.74, 6) is 0.173. The second-order valence-electron chi connectivity index (χ2n) is 6.05. The summed E-state index contributed by atoms with van der Waals surface area (Å²) >= 11 is 1.63. The molecule has 3 nitrogen and oxygen atoms in total. The summed E-state index contributed by atoms with van der Waals surface area (Å²) in [4.78, 5) is 22.0. The Labute approximate surface area is 142 Å². The number of fused-ring (bicyclic) bond motifs is 3.